The summed E-state index contributed by atoms with van der Waals surface area (Å²) in [4.78, 5) is 43.5. The molecule has 0 bridgehead atoms. The topological polar surface area (TPSA) is 126 Å². The summed E-state index contributed by atoms with van der Waals surface area (Å²) >= 11 is 6.28. The number of rotatable bonds is 11. The van der Waals surface area contributed by atoms with Crippen molar-refractivity contribution in [3.05, 3.63) is 46.3 Å². The van der Waals surface area contributed by atoms with Crippen LogP contribution in [0.4, 0.5) is 11.7 Å². The number of ketones is 1. The SMILES string of the molecule is CC(C)C1=C2[C@H]3CC[C@@H]4[C@@]5(C)CC[C@H](OC(=O)CC(C)(C)C(=O)O)C(C)(C)[C@@H]5CC[C@@]4(C)[C@]3(C)CC[C@@]2(c2nnc(N(CCN(C)C)c3ccc(Cl)cc3)o2)CC1=O. The first-order valence-corrected chi connectivity index (χ1v) is 22.1. The monoisotopic (exact) mass is 818 g/mol. The van der Waals surface area contributed by atoms with Gasteiger partial charge < -0.3 is 19.2 Å². The Bertz CT molecular complexity index is 1970. The summed E-state index contributed by atoms with van der Waals surface area (Å²) in [6.07, 6.45) is 7.65. The van der Waals surface area contributed by atoms with Crippen LogP contribution in [0.1, 0.15) is 132 Å². The van der Waals surface area contributed by atoms with Crippen LogP contribution in [0.3, 0.4) is 0 Å². The Labute approximate surface area is 350 Å². The molecular weight excluding hydrogens is 752 g/mol. The van der Waals surface area contributed by atoms with Gasteiger partial charge in [0, 0.05) is 35.6 Å². The minimum atomic E-state index is -1.17. The number of carboxylic acid groups (broad SMARTS) is 1. The highest BCUT2D eigenvalue weighted by Gasteiger charge is 2.71. The Morgan fingerprint density at radius 2 is 1.62 bits per heavy atom. The number of aromatic nitrogens is 2. The number of anilines is 2. The van der Waals surface area contributed by atoms with Crippen LogP contribution in [-0.4, -0.2) is 71.2 Å². The molecule has 318 valence electrons. The molecular formula is C47H67ClN4O6. The summed E-state index contributed by atoms with van der Waals surface area (Å²) < 4.78 is 13.0. The van der Waals surface area contributed by atoms with E-state index in [1.54, 1.807) is 13.8 Å². The molecule has 0 saturated heterocycles. The van der Waals surface area contributed by atoms with Crippen molar-refractivity contribution in [1.29, 1.82) is 0 Å². The van der Waals surface area contributed by atoms with Crippen molar-refractivity contribution >= 4 is 41.0 Å². The zero-order chi connectivity index (χ0) is 42.4. The zero-order valence-electron chi connectivity index (χ0n) is 36.8. The fraction of sp³-hybridized carbons (Fsp3) is 0.723. The molecule has 1 N–H and O–H groups in total. The molecule has 5 aliphatic carbocycles. The van der Waals surface area contributed by atoms with Gasteiger partial charge in [-0.15, -0.1) is 5.10 Å². The number of halogens is 1. The molecule has 58 heavy (non-hydrogen) atoms. The zero-order valence-corrected chi connectivity index (χ0v) is 37.6. The van der Waals surface area contributed by atoms with Gasteiger partial charge in [-0.05, 0) is 155 Å². The number of benzene rings is 1. The molecule has 1 aromatic heterocycles. The van der Waals surface area contributed by atoms with E-state index in [-0.39, 0.29) is 51.8 Å². The third-order valence-corrected chi connectivity index (χ3v) is 17.0. The summed E-state index contributed by atoms with van der Waals surface area (Å²) in [5.74, 6) is 0.488. The lowest BCUT2D eigenvalue weighted by Gasteiger charge is -2.72. The molecule has 10 nitrogen and oxygen atoms in total. The first kappa shape index (κ1) is 42.9. The van der Waals surface area contributed by atoms with Gasteiger partial charge in [0.15, 0.2) is 5.78 Å². The molecule has 0 spiro atoms. The van der Waals surface area contributed by atoms with Gasteiger partial charge in [-0.25, -0.2) is 0 Å². The molecule has 1 aromatic carbocycles. The Kier molecular flexibility index (Phi) is 10.9. The number of hydrogen-bond donors (Lipinski definition) is 1. The van der Waals surface area contributed by atoms with E-state index >= 15 is 0 Å². The van der Waals surface area contributed by atoms with E-state index in [0.29, 0.717) is 41.7 Å². The number of esters is 1. The molecule has 2 aromatic rings. The molecule has 5 aliphatic rings. The number of likely N-dealkylation sites (N-methyl/N-ethyl adjacent to an activating group) is 1. The van der Waals surface area contributed by atoms with E-state index in [0.717, 1.165) is 69.2 Å². The van der Waals surface area contributed by atoms with Crippen LogP contribution in [0, 0.1) is 50.7 Å². The number of fused-ring (bicyclic) bond motifs is 7. The standard InChI is InChI=1S/C47H67ClN4O6/c1-28(2)37-32(53)26-47(39-49-50-41(58-39)52(25-24-51(10)11)30-14-12-29(48)13-15-30)23-22-45(8)31(38(37)47)16-17-34-44(7)20-19-35(57-36(54)27-42(3,4)40(55)56)43(5,6)33(44)18-21-46(34,45)9/h12-15,28,31,33-35H,16-27H2,1-11H3,(H,55,56)/t31-,33+,34-,35+,44+,45-,46-,47-/m1/s1. The number of carbonyl (C=O) groups is 3. The van der Waals surface area contributed by atoms with Crippen LogP contribution < -0.4 is 4.90 Å². The highest BCUT2D eigenvalue weighted by molar-refractivity contribution is 6.30. The molecule has 4 fully saturated rings. The molecule has 0 radical (unpaired) electrons. The van der Waals surface area contributed by atoms with Crippen molar-refractivity contribution in [2.24, 2.45) is 50.7 Å². The van der Waals surface area contributed by atoms with Crippen LogP contribution in [0.15, 0.2) is 39.8 Å². The quantitative estimate of drug-likeness (QED) is 0.219. The number of carboxylic acids is 1. The predicted molar refractivity (Wildman–Crippen MR) is 226 cm³/mol. The number of hydrogen-bond acceptors (Lipinski definition) is 9. The molecule has 0 amide bonds. The van der Waals surface area contributed by atoms with Crippen LogP contribution in [0.2, 0.25) is 5.02 Å². The van der Waals surface area contributed by atoms with Gasteiger partial charge >= 0.3 is 18.0 Å². The second kappa shape index (κ2) is 14.7. The highest BCUT2D eigenvalue weighted by Crippen LogP contribution is 2.77. The Hall–Kier alpha value is -3.24. The van der Waals surface area contributed by atoms with Crippen molar-refractivity contribution in [2.45, 2.75) is 138 Å². The Morgan fingerprint density at radius 1 is 0.931 bits per heavy atom. The van der Waals surface area contributed by atoms with Crippen LogP contribution >= 0.6 is 11.6 Å². The predicted octanol–water partition coefficient (Wildman–Crippen LogP) is 10.1. The molecule has 4 saturated carbocycles. The maximum atomic E-state index is 14.4. The van der Waals surface area contributed by atoms with E-state index in [1.165, 1.54) is 5.57 Å². The van der Waals surface area contributed by atoms with Crippen molar-refractivity contribution in [3.63, 3.8) is 0 Å². The lowest BCUT2D eigenvalue weighted by atomic mass is 9.33. The third-order valence-electron chi connectivity index (χ3n) is 16.8. The Morgan fingerprint density at radius 3 is 2.26 bits per heavy atom. The van der Waals surface area contributed by atoms with Crippen molar-refractivity contribution < 1.29 is 28.6 Å². The number of Topliss-reactive ketones (excluding diaryl/α,β-unsaturated/α-hetero) is 1. The van der Waals surface area contributed by atoms with Gasteiger partial charge in [0.25, 0.3) is 0 Å². The summed E-state index contributed by atoms with van der Waals surface area (Å²) in [7, 11) is 4.09. The largest absolute Gasteiger partial charge is 0.481 e. The van der Waals surface area contributed by atoms with E-state index in [1.807, 2.05) is 38.4 Å². The minimum Gasteiger partial charge on any atom is -0.481 e. The number of ether oxygens (including phenoxy) is 1. The van der Waals surface area contributed by atoms with Gasteiger partial charge in [-0.3, -0.25) is 19.3 Å². The lowest BCUT2D eigenvalue weighted by molar-refractivity contribution is -0.232. The first-order chi connectivity index (χ1) is 27.0. The second-order valence-corrected chi connectivity index (χ2v) is 21.7. The third kappa shape index (κ3) is 6.65. The number of carbonyl (C=O) groups excluding carboxylic acids is 2. The molecule has 0 aliphatic heterocycles. The first-order valence-electron chi connectivity index (χ1n) is 21.7. The maximum absolute atomic E-state index is 14.4. The molecule has 0 unspecified atom stereocenters. The van der Waals surface area contributed by atoms with Gasteiger partial charge in [0.2, 0.25) is 5.89 Å². The summed E-state index contributed by atoms with van der Waals surface area (Å²) in [6.45, 7) is 21.1. The van der Waals surface area contributed by atoms with E-state index < -0.39 is 22.8 Å². The number of allylic oxidation sites excluding steroid dienone is 2. The summed E-state index contributed by atoms with van der Waals surface area (Å²) in [5.41, 5.74) is 1.14. The summed E-state index contributed by atoms with van der Waals surface area (Å²) in [5, 5.41) is 19.9. The average Bonchev–Trinajstić information content (AvgIpc) is 3.74. The van der Waals surface area contributed by atoms with Crippen molar-refractivity contribution in [2.75, 3.05) is 32.1 Å². The number of aliphatic carboxylic acids is 1. The fourth-order valence-electron chi connectivity index (χ4n) is 13.5. The summed E-state index contributed by atoms with van der Waals surface area (Å²) in [6, 6.07) is 8.14. The van der Waals surface area contributed by atoms with Crippen LogP contribution in [0.25, 0.3) is 0 Å². The van der Waals surface area contributed by atoms with E-state index in [9.17, 15) is 19.5 Å². The van der Waals surface area contributed by atoms with E-state index in [2.05, 4.69) is 58.3 Å². The van der Waals surface area contributed by atoms with Crippen molar-refractivity contribution in [3.8, 4) is 0 Å². The highest BCUT2D eigenvalue weighted by atomic mass is 35.5. The fourth-order valence-corrected chi connectivity index (χ4v) is 13.6. The average molecular weight is 820 g/mol. The van der Waals surface area contributed by atoms with Crippen LogP contribution in [0.5, 0.6) is 0 Å². The van der Waals surface area contributed by atoms with E-state index in [4.69, 9.17) is 31.0 Å². The second-order valence-electron chi connectivity index (χ2n) is 21.3. The molecule has 7 rings (SSSR count). The molecule has 1 heterocycles. The smallest absolute Gasteiger partial charge is 0.322 e. The Balaban J connectivity index is 1.21. The molecule has 11 heteroatoms. The van der Waals surface area contributed by atoms with Gasteiger partial charge in [0.1, 0.15) is 6.10 Å². The number of nitrogens with zero attached hydrogens (tertiary/aromatic N) is 4. The van der Waals surface area contributed by atoms with Crippen LogP contribution in [-0.2, 0) is 24.5 Å². The van der Waals surface area contributed by atoms with Gasteiger partial charge in [-0.1, -0.05) is 65.2 Å². The molecule has 8 atom stereocenters. The van der Waals surface area contributed by atoms with Gasteiger partial charge in [-0.2, -0.15) is 0 Å². The minimum absolute atomic E-state index is 0.0245. The lowest BCUT2D eigenvalue weighted by Crippen LogP contribution is -2.66. The normalized spacial score (nSPS) is 34.3. The van der Waals surface area contributed by atoms with Gasteiger partial charge in [0.05, 0.1) is 17.3 Å². The van der Waals surface area contributed by atoms with Crippen molar-refractivity contribution in [1.82, 2.24) is 15.1 Å². The maximum Gasteiger partial charge on any atom is 0.322 e.